The molecule has 5 rings (SSSR count). The maximum absolute atomic E-state index is 11.0. The van der Waals surface area contributed by atoms with Gasteiger partial charge in [0.05, 0.1) is 29.8 Å². The number of aromatic nitrogens is 2. The van der Waals surface area contributed by atoms with E-state index < -0.39 is 17.8 Å². The minimum Gasteiger partial charge on any atom is -0.383 e. The molecule has 4 bridgehead atoms. The number of aliphatic hydroxyl groups is 1. The average molecular weight is 283 g/mol. The predicted molar refractivity (Wildman–Crippen MR) is 71.3 cm³/mol. The predicted octanol–water partition coefficient (Wildman–Crippen LogP) is 1.07. The number of nitriles is 1. The molecule has 0 unspecified atom stereocenters. The van der Waals surface area contributed by atoms with E-state index in [-0.39, 0.29) is 12.1 Å². The number of hydrogen-bond acceptors (Lipinski definition) is 5. The first-order valence-corrected chi connectivity index (χ1v) is 7.08. The third-order valence-corrected chi connectivity index (χ3v) is 4.93. The summed E-state index contributed by atoms with van der Waals surface area (Å²) >= 11 is 0. The van der Waals surface area contributed by atoms with Crippen LogP contribution in [0.5, 0.6) is 0 Å². The van der Waals surface area contributed by atoms with Crippen LogP contribution in [0.2, 0.25) is 0 Å². The van der Waals surface area contributed by atoms with Gasteiger partial charge < -0.3 is 19.1 Å². The molecule has 1 aromatic carbocycles. The van der Waals surface area contributed by atoms with Gasteiger partial charge in [0.25, 0.3) is 0 Å². The monoisotopic (exact) mass is 283 g/mol. The van der Waals surface area contributed by atoms with Gasteiger partial charge in [-0.15, -0.1) is 0 Å². The van der Waals surface area contributed by atoms with E-state index in [4.69, 9.17) is 9.47 Å². The highest BCUT2D eigenvalue weighted by Gasteiger charge is 2.62. The highest BCUT2D eigenvalue weighted by molar-refractivity contribution is 5.76. The lowest BCUT2D eigenvalue weighted by atomic mass is 9.76. The minimum atomic E-state index is -1.32. The van der Waals surface area contributed by atoms with E-state index in [0.717, 1.165) is 11.0 Å². The summed E-state index contributed by atoms with van der Waals surface area (Å²) in [5.41, 5.74) is 0.513. The molecule has 0 aliphatic carbocycles. The largest absolute Gasteiger partial charge is 0.383 e. The fraction of sp³-hybridized carbons (Fsp3) is 0.467. The Balaban J connectivity index is 1.85. The zero-order valence-electron chi connectivity index (χ0n) is 11.1. The first kappa shape index (κ1) is 11.7. The summed E-state index contributed by atoms with van der Waals surface area (Å²) in [6.45, 7) is 0.446. The molecule has 0 amide bonds. The Kier molecular flexibility index (Phi) is 2.02. The molecular formula is C15H13N3O3. The molecule has 4 heterocycles. The van der Waals surface area contributed by atoms with Gasteiger partial charge in [-0.25, -0.2) is 4.98 Å². The zero-order valence-corrected chi connectivity index (χ0v) is 11.1. The molecule has 3 aliphatic rings. The summed E-state index contributed by atoms with van der Waals surface area (Å²) in [5.74, 6) is -0.119. The summed E-state index contributed by atoms with van der Waals surface area (Å²) in [6, 6.07) is 9.97. The van der Waals surface area contributed by atoms with E-state index >= 15 is 0 Å². The Labute approximate surface area is 120 Å². The van der Waals surface area contributed by atoms with Crippen LogP contribution in [-0.2, 0) is 9.47 Å². The molecule has 6 nitrogen and oxygen atoms in total. The third-order valence-electron chi connectivity index (χ3n) is 4.93. The van der Waals surface area contributed by atoms with Crippen LogP contribution in [0.25, 0.3) is 11.0 Å². The van der Waals surface area contributed by atoms with Crippen LogP contribution in [0.1, 0.15) is 24.2 Å². The summed E-state index contributed by atoms with van der Waals surface area (Å²) in [7, 11) is 0. The SMILES string of the molecule is N#C[C@@H]1c2nc3ccccc3n2[C@H]2C[C@@]1(O)[C@@H]1OC[C@H]2O1. The van der Waals surface area contributed by atoms with Gasteiger partial charge in [-0.05, 0) is 12.1 Å². The summed E-state index contributed by atoms with van der Waals surface area (Å²) in [5, 5.41) is 20.6. The topological polar surface area (TPSA) is 80.3 Å². The van der Waals surface area contributed by atoms with Gasteiger partial charge in [0.15, 0.2) is 6.29 Å². The quantitative estimate of drug-likeness (QED) is 0.782. The highest BCUT2D eigenvalue weighted by Crippen LogP contribution is 2.52. The number of imidazole rings is 1. The molecule has 21 heavy (non-hydrogen) atoms. The number of fused-ring (bicyclic) bond motifs is 10. The smallest absolute Gasteiger partial charge is 0.188 e. The van der Waals surface area contributed by atoms with Crippen molar-refractivity contribution in [1.82, 2.24) is 9.55 Å². The molecule has 3 aliphatic heterocycles. The van der Waals surface area contributed by atoms with Gasteiger partial charge in [-0.3, -0.25) is 0 Å². The van der Waals surface area contributed by atoms with Crippen molar-refractivity contribution in [3.63, 3.8) is 0 Å². The molecule has 106 valence electrons. The van der Waals surface area contributed by atoms with Crippen molar-refractivity contribution in [2.45, 2.75) is 36.4 Å². The van der Waals surface area contributed by atoms with Gasteiger partial charge in [0.2, 0.25) is 0 Å². The number of nitrogens with zero attached hydrogens (tertiary/aromatic N) is 3. The lowest BCUT2D eigenvalue weighted by molar-refractivity contribution is -0.234. The molecular weight excluding hydrogens is 270 g/mol. The second kappa shape index (κ2) is 3.63. The van der Waals surface area contributed by atoms with Crippen LogP contribution in [0.4, 0.5) is 0 Å². The van der Waals surface area contributed by atoms with Crippen molar-refractivity contribution in [2.24, 2.45) is 0 Å². The van der Waals surface area contributed by atoms with E-state index in [1.54, 1.807) is 0 Å². The minimum absolute atomic E-state index is 0.0410. The molecule has 2 saturated heterocycles. The Morgan fingerprint density at radius 3 is 3.14 bits per heavy atom. The molecule has 2 aromatic rings. The lowest BCUT2D eigenvalue weighted by Crippen LogP contribution is -2.57. The highest BCUT2D eigenvalue weighted by atomic mass is 16.7. The van der Waals surface area contributed by atoms with Crippen LogP contribution in [0.3, 0.4) is 0 Å². The fourth-order valence-corrected chi connectivity index (χ4v) is 3.97. The fourth-order valence-electron chi connectivity index (χ4n) is 3.97. The van der Waals surface area contributed by atoms with Gasteiger partial charge >= 0.3 is 0 Å². The van der Waals surface area contributed by atoms with Crippen LogP contribution in [-0.4, -0.2) is 39.3 Å². The maximum atomic E-state index is 11.0. The van der Waals surface area contributed by atoms with Crippen molar-refractivity contribution in [2.75, 3.05) is 6.61 Å². The van der Waals surface area contributed by atoms with Crippen LogP contribution < -0.4 is 0 Å². The molecule has 0 saturated carbocycles. The number of benzene rings is 1. The maximum Gasteiger partial charge on any atom is 0.188 e. The van der Waals surface area contributed by atoms with E-state index in [1.165, 1.54) is 0 Å². The van der Waals surface area contributed by atoms with Gasteiger partial charge in [-0.2, -0.15) is 5.26 Å². The normalized spacial score (nSPS) is 40.0. The molecule has 0 radical (unpaired) electrons. The van der Waals surface area contributed by atoms with Crippen molar-refractivity contribution in [1.29, 1.82) is 5.26 Å². The van der Waals surface area contributed by atoms with Gasteiger partial charge in [0.1, 0.15) is 23.4 Å². The lowest BCUT2D eigenvalue weighted by Gasteiger charge is -2.47. The van der Waals surface area contributed by atoms with Gasteiger partial charge in [0, 0.05) is 6.42 Å². The third kappa shape index (κ3) is 1.25. The number of hydrogen-bond donors (Lipinski definition) is 1. The van der Waals surface area contributed by atoms with E-state index in [0.29, 0.717) is 18.9 Å². The second-order valence-corrected chi connectivity index (χ2v) is 5.99. The van der Waals surface area contributed by atoms with Gasteiger partial charge in [-0.1, -0.05) is 12.1 Å². The van der Waals surface area contributed by atoms with E-state index in [9.17, 15) is 10.4 Å². The Morgan fingerprint density at radius 2 is 2.29 bits per heavy atom. The van der Waals surface area contributed by atoms with Crippen molar-refractivity contribution in [3.05, 3.63) is 30.1 Å². The number of ether oxygens (including phenoxy) is 2. The molecule has 1 N–H and O–H groups in total. The van der Waals surface area contributed by atoms with E-state index in [2.05, 4.69) is 15.6 Å². The first-order valence-electron chi connectivity index (χ1n) is 7.08. The number of rotatable bonds is 0. The molecule has 1 aromatic heterocycles. The Bertz CT molecular complexity index is 795. The molecule has 5 atom stereocenters. The molecule has 6 heteroatoms. The van der Waals surface area contributed by atoms with E-state index in [1.807, 2.05) is 24.3 Å². The molecule has 2 fully saturated rings. The molecule has 0 spiro atoms. The van der Waals surface area contributed by atoms with Crippen LogP contribution in [0, 0.1) is 11.3 Å². The summed E-state index contributed by atoms with van der Waals surface area (Å²) < 4.78 is 13.4. The Morgan fingerprint density at radius 1 is 1.43 bits per heavy atom. The zero-order chi connectivity index (χ0) is 14.2. The standard InChI is InChI=1S/C15H13N3O3/c16-6-8-13-17-9-3-1-2-4-10(9)18(13)11-5-15(8,19)14-20-7-12(11)21-14/h1-4,8,11-12,14,19H,5,7H2/t8-,11+,12-,14-,15+/m1/s1. The first-order chi connectivity index (χ1) is 10.2. The second-order valence-electron chi connectivity index (χ2n) is 5.99. The number of para-hydroxylation sites is 2. The van der Waals surface area contributed by atoms with Crippen LogP contribution >= 0.6 is 0 Å². The van der Waals surface area contributed by atoms with Crippen LogP contribution in [0.15, 0.2) is 24.3 Å². The Hall–Kier alpha value is -1.94. The van der Waals surface area contributed by atoms with Crippen molar-refractivity contribution >= 4 is 11.0 Å². The summed E-state index contributed by atoms with van der Waals surface area (Å²) in [4.78, 5) is 4.60. The average Bonchev–Trinajstić information content (AvgIpc) is 3.09. The van der Waals surface area contributed by atoms with Crippen molar-refractivity contribution < 1.29 is 14.6 Å². The summed E-state index contributed by atoms with van der Waals surface area (Å²) in [6.07, 6.45) is -0.350. The van der Waals surface area contributed by atoms with Crippen molar-refractivity contribution in [3.8, 4) is 6.07 Å².